The van der Waals surface area contributed by atoms with Crippen molar-refractivity contribution in [2.45, 2.75) is 25.7 Å². The largest absolute Gasteiger partial charge is 0.302 e. The first-order valence-corrected chi connectivity index (χ1v) is 6.78. The van der Waals surface area contributed by atoms with E-state index in [4.69, 9.17) is 0 Å². The number of benzene rings is 2. The molecule has 0 saturated heterocycles. The van der Waals surface area contributed by atoms with Crippen LogP contribution in [0.15, 0.2) is 36.4 Å². The van der Waals surface area contributed by atoms with E-state index in [0.717, 1.165) is 46.0 Å². The minimum absolute atomic E-state index is 0.266. The molecule has 0 aliphatic heterocycles. The van der Waals surface area contributed by atoms with Crippen molar-refractivity contribution < 1.29 is 9.59 Å². The lowest BCUT2D eigenvalue weighted by molar-refractivity contribution is -0.109. The van der Waals surface area contributed by atoms with E-state index in [2.05, 4.69) is 0 Å². The van der Waals surface area contributed by atoms with Crippen LogP contribution in [0.25, 0.3) is 0 Å². The quantitative estimate of drug-likeness (QED) is 0.780. The number of rotatable bonds is 2. The van der Waals surface area contributed by atoms with Gasteiger partial charge in [0.2, 0.25) is 0 Å². The molecule has 1 aliphatic rings. The van der Waals surface area contributed by atoms with Crippen molar-refractivity contribution >= 4 is 12.6 Å². The van der Waals surface area contributed by atoms with Gasteiger partial charge in [-0.25, -0.2) is 0 Å². The fourth-order valence-corrected chi connectivity index (χ4v) is 3.35. The molecule has 0 radical (unpaired) electrons. The zero-order valence-electron chi connectivity index (χ0n) is 11.6. The molecule has 2 unspecified atom stereocenters. The molecule has 20 heavy (non-hydrogen) atoms. The third-order valence-corrected chi connectivity index (χ3v) is 4.28. The summed E-state index contributed by atoms with van der Waals surface area (Å²) >= 11 is 0. The zero-order valence-corrected chi connectivity index (χ0v) is 11.6. The molecule has 2 nitrogen and oxygen atoms in total. The highest BCUT2D eigenvalue weighted by Gasteiger charge is 2.33. The van der Waals surface area contributed by atoms with Crippen LogP contribution in [0.5, 0.6) is 0 Å². The molecule has 0 aromatic heterocycles. The first-order valence-electron chi connectivity index (χ1n) is 6.78. The minimum Gasteiger partial charge on any atom is -0.302 e. The standard InChI is InChI=1S/C18H16O2/c1-11-7-8-12(2)18-16(10-20)14-6-4-3-5-13(14)15(9-19)17(11)18/h3-10,15-16H,1-2H3. The van der Waals surface area contributed by atoms with Crippen LogP contribution in [0, 0.1) is 13.8 Å². The Labute approximate surface area is 118 Å². The number of hydrogen-bond donors (Lipinski definition) is 0. The molecule has 2 aromatic rings. The van der Waals surface area contributed by atoms with Crippen molar-refractivity contribution in [3.63, 3.8) is 0 Å². The maximum absolute atomic E-state index is 11.7. The number of aldehydes is 2. The molecule has 0 bridgehead atoms. The Morgan fingerprint density at radius 3 is 1.50 bits per heavy atom. The van der Waals surface area contributed by atoms with E-state index in [0.29, 0.717) is 0 Å². The van der Waals surface area contributed by atoms with Crippen LogP contribution < -0.4 is 0 Å². The second-order valence-corrected chi connectivity index (χ2v) is 5.38. The van der Waals surface area contributed by atoms with E-state index < -0.39 is 0 Å². The summed E-state index contributed by atoms with van der Waals surface area (Å²) in [6.45, 7) is 4.01. The maximum Gasteiger partial charge on any atom is 0.131 e. The predicted octanol–water partition coefficient (Wildman–Crippen LogP) is 3.28. The SMILES string of the molecule is Cc1ccc(C)c2c1C(C=O)c1ccccc1C2C=O. The van der Waals surface area contributed by atoms with Crippen molar-refractivity contribution in [3.8, 4) is 0 Å². The lowest BCUT2D eigenvalue weighted by Gasteiger charge is -2.31. The van der Waals surface area contributed by atoms with Gasteiger partial charge in [-0.1, -0.05) is 36.4 Å². The van der Waals surface area contributed by atoms with Crippen LogP contribution in [0.3, 0.4) is 0 Å². The molecule has 2 aromatic carbocycles. The van der Waals surface area contributed by atoms with Gasteiger partial charge in [-0.05, 0) is 47.2 Å². The fraction of sp³-hybridized carbons (Fsp3) is 0.222. The summed E-state index contributed by atoms with van der Waals surface area (Å²) in [6, 6.07) is 11.8. The molecule has 1 aliphatic carbocycles. The molecular formula is C18H16O2. The van der Waals surface area contributed by atoms with Gasteiger partial charge in [-0.15, -0.1) is 0 Å². The Bertz CT molecular complexity index is 641. The van der Waals surface area contributed by atoms with E-state index in [1.54, 1.807) is 0 Å². The van der Waals surface area contributed by atoms with Crippen LogP contribution in [0.1, 0.15) is 45.2 Å². The van der Waals surface area contributed by atoms with Crippen LogP contribution in [-0.4, -0.2) is 12.6 Å². The Balaban J connectivity index is 2.40. The van der Waals surface area contributed by atoms with Gasteiger partial charge < -0.3 is 9.59 Å². The topological polar surface area (TPSA) is 34.1 Å². The molecule has 0 N–H and O–H groups in total. The molecule has 3 rings (SSSR count). The highest BCUT2D eigenvalue weighted by molar-refractivity contribution is 5.81. The van der Waals surface area contributed by atoms with Crippen LogP contribution in [-0.2, 0) is 9.59 Å². The highest BCUT2D eigenvalue weighted by atomic mass is 16.1. The number of fused-ring (bicyclic) bond motifs is 2. The smallest absolute Gasteiger partial charge is 0.131 e. The normalized spacial score (nSPS) is 19.9. The average molecular weight is 264 g/mol. The van der Waals surface area contributed by atoms with Crippen molar-refractivity contribution in [1.82, 2.24) is 0 Å². The fourth-order valence-electron chi connectivity index (χ4n) is 3.35. The molecule has 2 atom stereocenters. The van der Waals surface area contributed by atoms with Gasteiger partial charge in [0.25, 0.3) is 0 Å². The van der Waals surface area contributed by atoms with Crippen LogP contribution >= 0.6 is 0 Å². The molecule has 0 fully saturated rings. The lowest BCUT2D eigenvalue weighted by Crippen LogP contribution is -2.22. The monoisotopic (exact) mass is 264 g/mol. The molecule has 0 amide bonds. The predicted molar refractivity (Wildman–Crippen MR) is 78.2 cm³/mol. The molecule has 100 valence electrons. The number of carbonyl (C=O) groups excluding carboxylic acids is 2. The second kappa shape index (κ2) is 4.71. The summed E-state index contributed by atoms with van der Waals surface area (Å²) in [7, 11) is 0. The summed E-state index contributed by atoms with van der Waals surface area (Å²) in [6.07, 6.45) is 1.98. The van der Waals surface area contributed by atoms with Crippen molar-refractivity contribution in [1.29, 1.82) is 0 Å². The van der Waals surface area contributed by atoms with Gasteiger partial charge in [-0.2, -0.15) is 0 Å². The zero-order chi connectivity index (χ0) is 14.3. The summed E-state index contributed by atoms with van der Waals surface area (Å²) in [5.41, 5.74) is 6.08. The Kier molecular flexibility index (Phi) is 3.01. The molecule has 2 heteroatoms. The minimum atomic E-state index is -0.266. The summed E-state index contributed by atoms with van der Waals surface area (Å²) in [5.74, 6) is -0.533. The number of carbonyl (C=O) groups is 2. The van der Waals surface area contributed by atoms with E-state index in [1.165, 1.54) is 0 Å². The number of hydrogen-bond acceptors (Lipinski definition) is 2. The van der Waals surface area contributed by atoms with Crippen LogP contribution in [0.4, 0.5) is 0 Å². The van der Waals surface area contributed by atoms with E-state index in [9.17, 15) is 9.59 Å². The first kappa shape index (κ1) is 12.8. The van der Waals surface area contributed by atoms with Gasteiger partial charge in [0.05, 0.1) is 11.8 Å². The van der Waals surface area contributed by atoms with Gasteiger partial charge in [0.1, 0.15) is 12.6 Å². The first-order chi connectivity index (χ1) is 9.69. The van der Waals surface area contributed by atoms with Gasteiger partial charge in [0.15, 0.2) is 0 Å². The molecule has 0 saturated carbocycles. The third-order valence-electron chi connectivity index (χ3n) is 4.28. The van der Waals surface area contributed by atoms with Gasteiger partial charge >= 0.3 is 0 Å². The number of aryl methyl sites for hydroxylation is 2. The molecule has 0 heterocycles. The Morgan fingerprint density at radius 1 is 0.750 bits per heavy atom. The third kappa shape index (κ3) is 1.64. The Hall–Kier alpha value is -2.22. The lowest BCUT2D eigenvalue weighted by atomic mass is 9.70. The van der Waals surface area contributed by atoms with Crippen molar-refractivity contribution in [3.05, 3.63) is 69.8 Å². The van der Waals surface area contributed by atoms with Crippen molar-refractivity contribution in [2.75, 3.05) is 0 Å². The average Bonchev–Trinajstić information content (AvgIpc) is 2.48. The van der Waals surface area contributed by atoms with E-state index in [1.807, 2.05) is 50.2 Å². The van der Waals surface area contributed by atoms with E-state index in [-0.39, 0.29) is 11.8 Å². The summed E-state index contributed by atoms with van der Waals surface area (Å²) in [4.78, 5) is 23.3. The van der Waals surface area contributed by atoms with Gasteiger partial charge in [-0.3, -0.25) is 0 Å². The van der Waals surface area contributed by atoms with E-state index >= 15 is 0 Å². The highest BCUT2D eigenvalue weighted by Crippen LogP contribution is 2.44. The second-order valence-electron chi connectivity index (χ2n) is 5.38. The summed E-state index contributed by atoms with van der Waals surface area (Å²) in [5, 5.41) is 0. The molecule has 0 spiro atoms. The maximum atomic E-state index is 11.7. The summed E-state index contributed by atoms with van der Waals surface area (Å²) < 4.78 is 0. The van der Waals surface area contributed by atoms with Crippen LogP contribution in [0.2, 0.25) is 0 Å². The Morgan fingerprint density at radius 2 is 1.15 bits per heavy atom. The van der Waals surface area contributed by atoms with Gasteiger partial charge in [0, 0.05) is 0 Å². The van der Waals surface area contributed by atoms with Crippen molar-refractivity contribution in [2.24, 2.45) is 0 Å². The molecular weight excluding hydrogens is 248 g/mol.